The fourth-order valence-electron chi connectivity index (χ4n) is 1.60. The first kappa shape index (κ1) is 12.6. The third kappa shape index (κ3) is 6.11. The molecule has 1 fully saturated rings. The van der Waals surface area contributed by atoms with Gasteiger partial charge in [0, 0.05) is 0 Å². The Morgan fingerprint density at radius 2 is 1.81 bits per heavy atom. The Bertz CT molecular complexity index is 267. The summed E-state index contributed by atoms with van der Waals surface area (Å²) in [6.07, 6.45) is 9.70. The van der Waals surface area contributed by atoms with Gasteiger partial charge in [-0.05, 0) is 12.1 Å². The second-order valence-corrected chi connectivity index (χ2v) is 3.81. The molecule has 0 spiro atoms. The molecule has 90 valence electrons. The van der Waals surface area contributed by atoms with Crippen molar-refractivity contribution in [3.63, 3.8) is 0 Å². The van der Waals surface area contributed by atoms with E-state index in [1.54, 1.807) is 12.1 Å². The largest absolute Gasteiger partial charge is 0.466 e. The van der Waals surface area contributed by atoms with Crippen molar-refractivity contribution in [1.82, 2.24) is 0 Å². The zero-order chi connectivity index (χ0) is 11.6. The molecule has 0 aliphatic heterocycles. The number of hydrogen-bond donors (Lipinski definition) is 1. The van der Waals surface area contributed by atoms with E-state index in [0.717, 1.165) is 0 Å². The predicted molar refractivity (Wildman–Crippen MR) is 60.8 cm³/mol. The molecule has 1 aliphatic rings. The van der Waals surface area contributed by atoms with E-state index in [1.807, 2.05) is 0 Å². The summed E-state index contributed by atoms with van der Waals surface area (Å²) >= 11 is 0. The predicted octanol–water partition coefficient (Wildman–Crippen LogP) is 3.22. The van der Waals surface area contributed by atoms with Gasteiger partial charge in [-0.3, -0.25) is 0 Å². The van der Waals surface area contributed by atoms with Crippen molar-refractivity contribution < 1.29 is 13.9 Å². The molecule has 1 aliphatic carbocycles. The van der Waals surface area contributed by atoms with Crippen LogP contribution < -0.4 is 5.73 Å². The fourth-order valence-corrected chi connectivity index (χ4v) is 1.60. The van der Waals surface area contributed by atoms with Gasteiger partial charge >= 0.3 is 6.09 Å². The summed E-state index contributed by atoms with van der Waals surface area (Å²) in [6.45, 7) is 0.0995. The Morgan fingerprint density at radius 3 is 2.19 bits per heavy atom. The molecular formula is C12H19NO3. The SMILES string of the molecule is C1CCCCC1.NC(=O)OCc1ccco1. The Morgan fingerprint density at radius 1 is 1.25 bits per heavy atom. The molecule has 0 aromatic carbocycles. The van der Waals surface area contributed by atoms with E-state index in [2.05, 4.69) is 4.74 Å². The number of rotatable bonds is 2. The number of carbonyl (C=O) groups is 1. The number of furan rings is 1. The smallest absolute Gasteiger partial charge is 0.404 e. The maximum Gasteiger partial charge on any atom is 0.404 e. The molecular weight excluding hydrogens is 206 g/mol. The Kier molecular flexibility index (Phi) is 6.15. The van der Waals surface area contributed by atoms with Gasteiger partial charge < -0.3 is 14.9 Å². The third-order valence-electron chi connectivity index (χ3n) is 2.44. The second kappa shape index (κ2) is 7.79. The molecule has 0 unspecified atom stereocenters. The molecule has 1 amide bonds. The van der Waals surface area contributed by atoms with E-state index in [9.17, 15) is 4.79 Å². The highest BCUT2D eigenvalue weighted by Gasteiger charge is 1.97. The van der Waals surface area contributed by atoms with Crippen LogP contribution in [0, 0.1) is 0 Å². The van der Waals surface area contributed by atoms with E-state index in [4.69, 9.17) is 10.2 Å². The van der Waals surface area contributed by atoms with Crippen molar-refractivity contribution in [1.29, 1.82) is 0 Å². The van der Waals surface area contributed by atoms with Gasteiger partial charge in [-0.2, -0.15) is 0 Å². The van der Waals surface area contributed by atoms with Gasteiger partial charge in [-0.1, -0.05) is 38.5 Å². The summed E-state index contributed by atoms with van der Waals surface area (Å²) in [6, 6.07) is 3.41. The second-order valence-electron chi connectivity index (χ2n) is 3.81. The van der Waals surface area contributed by atoms with Gasteiger partial charge in [0.15, 0.2) is 6.61 Å². The monoisotopic (exact) mass is 225 g/mol. The minimum atomic E-state index is -0.795. The van der Waals surface area contributed by atoms with Crippen LogP contribution >= 0.6 is 0 Å². The summed E-state index contributed by atoms with van der Waals surface area (Å²) in [4.78, 5) is 10.1. The summed E-state index contributed by atoms with van der Waals surface area (Å²) < 4.78 is 9.28. The fraction of sp³-hybridized carbons (Fsp3) is 0.583. The first-order valence-electron chi connectivity index (χ1n) is 5.73. The van der Waals surface area contributed by atoms with E-state index in [0.29, 0.717) is 5.76 Å². The highest BCUT2D eigenvalue weighted by molar-refractivity contribution is 5.64. The number of ether oxygens (including phenoxy) is 1. The molecule has 4 nitrogen and oxygen atoms in total. The number of carbonyl (C=O) groups excluding carboxylic acids is 1. The van der Waals surface area contributed by atoms with Crippen LogP contribution in [0.25, 0.3) is 0 Å². The summed E-state index contributed by atoms with van der Waals surface area (Å²) in [5.74, 6) is 0.582. The van der Waals surface area contributed by atoms with Crippen LogP contribution in [0.15, 0.2) is 22.8 Å². The first-order chi connectivity index (χ1) is 7.79. The molecule has 0 bridgehead atoms. The number of nitrogens with two attached hydrogens (primary N) is 1. The molecule has 1 aromatic heterocycles. The van der Waals surface area contributed by atoms with Crippen LogP contribution in [0.5, 0.6) is 0 Å². The van der Waals surface area contributed by atoms with Crippen LogP contribution in [-0.4, -0.2) is 6.09 Å². The highest BCUT2D eigenvalue weighted by atomic mass is 16.6. The zero-order valence-electron chi connectivity index (χ0n) is 9.48. The third-order valence-corrected chi connectivity index (χ3v) is 2.44. The average molecular weight is 225 g/mol. The first-order valence-corrected chi connectivity index (χ1v) is 5.73. The lowest BCUT2D eigenvalue weighted by Gasteiger charge is -2.05. The molecule has 2 rings (SSSR count). The van der Waals surface area contributed by atoms with Gasteiger partial charge in [0.2, 0.25) is 0 Å². The van der Waals surface area contributed by atoms with E-state index < -0.39 is 6.09 Å². The van der Waals surface area contributed by atoms with E-state index in [-0.39, 0.29) is 6.61 Å². The van der Waals surface area contributed by atoms with Gasteiger partial charge in [-0.25, -0.2) is 4.79 Å². The minimum absolute atomic E-state index is 0.0995. The normalized spacial score (nSPS) is 14.8. The molecule has 2 N–H and O–H groups in total. The summed E-state index contributed by atoms with van der Waals surface area (Å²) in [5, 5.41) is 0. The van der Waals surface area contributed by atoms with Crippen molar-refractivity contribution in [2.75, 3.05) is 0 Å². The molecule has 1 heterocycles. The van der Waals surface area contributed by atoms with Crippen molar-refractivity contribution in [3.8, 4) is 0 Å². The van der Waals surface area contributed by atoms with Gasteiger partial charge in [0.05, 0.1) is 6.26 Å². The molecule has 1 aromatic rings. The summed E-state index contributed by atoms with van der Waals surface area (Å²) in [5.41, 5.74) is 4.71. The molecule has 0 saturated heterocycles. The number of primary amides is 1. The highest BCUT2D eigenvalue weighted by Crippen LogP contribution is 2.15. The lowest BCUT2D eigenvalue weighted by Crippen LogP contribution is -2.12. The average Bonchev–Trinajstić information content (AvgIpc) is 2.82. The summed E-state index contributed by atoms with van der Waals surface area (Å²) in [7, 11) is 0. The van der Waals surface area contributed by atoms with Crippen molar-refractivity contribution in [3.05, 3.63) is 24.2 Å². The van der Waals surface area contributed by atoms with Gasteiger partial charge in [0.25, 0.3) is 0 Å². The quantitative estimate of drug-likeness (QED) is 0.840. The maximum atomic E-state index is 10.1. The molecule has 0 atom stereocenters. The van der Waals surface area contributed by atoms with E-state index in [1.165, 1.54) is 44.8 Å². The molecule has 4 heteroatoms. The molecule has 1 saturated carbocycles. The lowest BCUT2D eigenvalue weighted by molar-refractivity contribution is 0.141. The van der Waals surface area contributed by atoms with Crippen LogP contribution in [0.2, 0.25) is 0 Å². The molecule has 0 radical (unpaired) electrons. The lowest BCUT2D eigenvalue weighted by atomic mass is 10.0. The topological polar surface area (TPSA) is 65.5 Å². The van der Waals surface area contributed by atoms with Crippen LogP contribution in [0.1, 0.15) is 44.3 Å². The van der Waals surface area contributed by atoms with Crippen LogP contribution in [0.4, 0.5) is 4.79 Å². The van der Waals surface area contributed by atoms with Crippen molar-refractivity contribution >= 4 is 6.09 Å². The van der Waals surface area contributed by atoms with Gasteiger partial charge in [0.1, 0.15) is 5.76 Å². The van der Waals surface area contributed by atoms with Crippen LogP contribution in [-0.2, 0) is 11.3 Å². The van der Waals surface area contributed by atoms with Crippen LogP contribution in [0.3, 0.4) is 0 Å². The van der Waals surface area contributed by atoms with Gasteiger partial charge in [-0.15, -0.1) is 0 Å². The van der Waals surface area contributed by atoms with E-state index >= 15 is 0 Å². The maximum absolute atomic E-state index is 10.1. The number of amides is 1. The number of hydrogen-bond acceptors (Lipinski definition) is 3. The van der Waals surface area contributed by atoms with Crippen molar-refractivity contribution in [2.24, 2.45) is 5.73 Å². The molecule has 16 heavy (non-hydrogen) atoms. The minimum Gasteiger partial charge on any atom is -0.466 e. The van der Waals surface area contributed by atoms with Crippen molar-refractivity contribution in [2.45, 2.75) is 45.1 Å². The standard InChI is InChI=1S/C6H7NO3.C6H12/c7-6(8)10-4-5-2-1-3-9-5;1-2-4-6-5-3-1/h1-3H,4H2,(H2,7,8);1-6H2. The Labute approximate surface area is 95.8 Å². The Balaban J connectivity index is 0.000000181. The Hall–Kier alpha value is -1.45. The zero-order valence-corrected chi connectivity index (χ0v) is 9.48.